The van der Waals surface area contributed by atoms with Crippen LogP contribution in [0.5, 0.6) is 0 Å². The van der Waals surface area contributed by atoms with Gasteiger partial charge < -0.3 is 15.2 Å². The van der Waals surface area contributed by atoms with E-state index in [-0.39, 0.29) is 12.6 Å². The highest BCUT2D eigenvalue weighted by molar-refractivity contribution is 5.90. The quantitative estimate of drug-likeness (QED) is 0.453. The van der Waals surface area contributed by atoms with E-state index < -0.39 is 0 Å². The number of nitrogens with two attached hydrogens (primary N) is 1. The number of benzene rings is 1. The largest absolute Gasteiger partial charge is 0.460 e. The summed E-state index contributed by atoms with van der Waals surface area (Å²) in [6, 6.07) is 6.69. The van der Waals surface area contributed by atoms with Gasteiger partial charge in [0, 0.05) is 12.3 Å². The molecule has 0 amide bonds. The first kappa shape index (κ1) is 11.5. The molecule has 0 saturated carbocycles. The van der Waals surface area contributed by atoms with E-state index in [0.717, 1.165) is 0 Å². The summed E-state index contributed by atoms with van der Waals surface area (Å²) in [4.78, 5) is 11.4. The molecular weight excluding hydrogens is 194 g/mol. The standard InChI is InChI=1S/C11H15NO3/c1-2-14-6-7-15-11(13)9-4-3-5-10(12)8-9/h3-5,8H,2,6-7,12H2,1H3. The Hall–Kier alpha value is -1.55. The Morgan fingerprint density at radius 2 is 2.20 bits per heavy atom. The Labute approximate surface area is 89.0 Å². The van der Waals surface area contributed by atoms with Gasteiger partial charge in [0.25, 0.3) is 0 Å². The van der Waals surface area contributed by atoms with E-state index in [2.05, 4.69) is 0 Å². The van der Waals surface area contributed by atoms with Crippen LogP contribution in [-0.2, 0) is 9.47 Å². The fourth-order valence-corrected chi connectivity index (χ4v) is 1.09. The second-order valence-corrected chi connectivity index (χ2v) is 2.96. The van der Waals surface area contributed by atoms with Crippen LogP contribution in [0.2, 0.25) is 0 Å². The van der Waals surface area contributed by atoms with Crippen molar-refractivity contribution in [3.05, 3.63) is 29.8 Å². The monoisotopic (exact) mass is 209 g/mol. The molecular formula is C11H15NO3. The normalized spacial score (nSPS) is 9.93. The summed E-state index contributed by atoms with van der Waals surface area (Å²) in [7, 11) is 0. The van der Waals surface area contributed by atoms with Gasteiger partial charge in [0.2, 0.25) is 0 Å². The molecule has 0 aromatic heterocycles. The lowest BCUT2D eigenvalue weighted by Gasteiger charge is -2.05. The summed E-state index contributed by atoms with van der Waals surface area (Å²) < 4.78 is 10.0. The highest BCUT2D eigenvalue weighted by Gasteiger charge is 2.06. The predicted molar refractivity (Wildman–Crippen MR) is 57.6 cm³/mol. The van der Waals surface area contributed by atoms with E-state index in [1.54, 1.807) is 24.3 Å². The van der Waals surface area contributed by atoms with Crippen LogP contribution in [0.25, 0.3) is 0 Å². The van der Waals surface area contributed by atoms with Gasteiger partial charge in [-0.2, -0.15) is 0 Å². The molecule has 4 nitrogen and oxygen atoms in total. The van der Waals surface area contributed by atoms with E-state index in [1.807, 2.05) is 6.92 Å². The number of rotatable bonds is 5. The number of ether oxygens (including phenoxy) is 2. The van der Waals surface area contributed by atoms with Crippen LogP contribution < -0.4 is 5.73 Å². The first-order chi connectivity index (χ1) is 7.24. The van der Waals surface area contributed by atoms with Crippen molar-refractivity contribution in [3.8, 4) is 0 Å². The molecule has 15 heavy (non-hydrogen) atoms. The van der Waals surface area contributed by atoms with Gasteiger partial charge in [-0.25, -0.2) is 4.79 Å². The molecule has 0 bridgehead atoms. The van der Waals surface area contributed by atoms with Gasteiger partial charge in [0.05, 0.1) is 12.2 Å². The molecule has 4 heteroatoms. The van der Waals surface area contributed by atoms with Crippen LogP contribution in [0.15, 0.2) is 24.3 Å². The maximum atomic E-state index is 11.4. The first-order valence-electron chi connectivity index (χ1n) is 4.84. The van der Waals surface area contributed by atoms with Gasteiger partial charge in [0.15, 0.2) is 0 Å². The van der Waals surface area contributed by atoms with E-state index in [4.69, 9.17) is 15.2 Å². The second-order valence-electron chi connectivity index (χ2n) is 2.96. The zero-order valence-corrected chi connectivity index (χ0v) is 8.73. The Balaban J connectivity index is 2.40. The first-order valence-corrected chi connectivity index (χ1v) is 4.84. The Bertz CT molecular complexity index is 325. The molecule has 1 aromatic carbocycles. The topological polar surface area (TPSA) is 61.5 Å². The highest BCUT2D eigenvalue weighted by Crippen LogP contribution is 2.07. The molecule has 0 aliphatic rings. The van der Waals surface area contributed by atoms with Gasteiger partial charge >= 0.3 is 5.97 Å². The van der Waals surface area contributed by atoms with Crippen molar-refractivity contribution in [2.75, 3.05) is 25.6 Å². The molecule has 1 rings (SSSR count). The van der Waals surface area contributed by atoms with Crippen molar-refractivity contribution in [1.82, 2.24) is 0 Å². The van der Waals surface area contributed by atoms with Crippen LogP contribution in [0.4, 0.5) is 5.69 Å². The third-order valence-electron chi connectivity index (χ3n) is 1.79. The van der Waals surface area contributed by atoms with Crippen molar-refractivity contribution in [2.45, 2.75) is 6.92 Å². The van der Waals surface area contributed by atoms with Crippen molar-refractivity contribution < 1.29 is 14.3 Å². The Morgan fingerprint density at radius 3 is 2.87 bits per heavy atom. The lowest BCUT2D eigenvalue weighted by molar-refractivity contribution is 0.0335. The fraction of sp³-hybridized carbons (Fsp3) is 0.364. The molecule has 0 saturated heterocycles. The average molecular weight is 209 g/mol. The van der Waals surface area contributed by atoms with Crippen molar-refractivity contribution in [1.29, 1.82) is 0 Å². The van der Waals surface area contributed by atoms with Crippen LogP contribution in [-0.4, -0.2) is 25.8 Å². The number of carbonyl (C=O) groups is 1. The van der Waals surface area contributed by atoms with Gasteiger partial charge in [-0.05, 0) is 25.1 Å². The lowest BCUT2D eigenvalue weighted by atomic mass is 10.2. The molecule has 0 unspecified atom stereocenters. The van der Waals surface area contributed by atoms with Crippen molar-refractivity contribution in [2.24, 2.45) is 0 Å². The third kappa shape index (κ3) is 3.99. The van der Waals surface area contributed by atoms with Crippen molar-refractivity contribution >= 4 is 11.7 Å². The summed E-state index contributed by atoms with van der Waals surface area (Å²) in [6.07, 6.45) is 0. The Morgan fingerprint density at radius 1 is 1.40 bits per heavy atom. The van der Waals surface area contributed by atoms with Gasteiger partial charge in [-0.3, -0.25) is 0 Å². The molecule has 0 aliphatic heterocycles. The molecule has 0 spiro atoms. The minimum absolute atomic E-state index is 0.265. The van der Waals surface area contributed by atoms with Crippen LogP contribution in [0.1, 0.15) is 17.3 Å². The van der Waals surface area contributed by atoms with E-state index >= 15 is 0 Å². The van der Waals surface area contributed by atoms with Crippen LogP contribution in [0, 0.1) is 0 Å². The van der Waals surface area contributed by atoms with E-state index in [9.17, 15) is 4.79 Å². The fourth-order valence-electron chi connectivity index (χ4n) is 1.09. The minimum Gasteiger partial charge on any atom is -0.460 e. The van der Waals surface area contributed by atoms with E-state index in [0.29, 0.717) is 24.5 Å². The average Bonchev–Trinajstić information content (AvgIpc) is 2.24. The van der Waals surface area contributed by atoms with Gasteiger partial charge in [-0.15, -0.1) is 0 Å². The third-order valence-corrected chi connectivity index (χ3v) is 1.79. The van der Waals surface area contributed by atoms with E-state index in [1.165, 1.54) is 0 Å². The second kappa shape index (κ2) is 6.03. The summed E-state index contributed by atoms with van der Waals surface area (Å²) >= 11 is 0. The smallest absolute Gasteiger partial charge is 0.338 e. The number of nitrogen functional groups attached to an aromatic ring is 1. The zero-order chi connectivity index (χ0) is 11.1. The summed E-state index contributed by atoms with van der Waals surface area (Å²) in [6.45, 7) is 3.20. The van der Waals surface area contributed by atoms with Crippen LogP contribution >= 0.6 is 0 Å². The predicted octanol–water partition coefficient (Wildman–Crippen LogP) is 1.46. The zero-order valence-electron chi connectivity index (χ0n) is 8.73. The molecule has 0 aliphatic carbocycles. The highest BCUT2D eigenvalue weighted by atomic mass is 16.6. The summed E-state index contributed by atoms with van der Waals surface area (Å²) in [5.74, 6) is -0.373. The molecule has 82 valence electrons. The molecule has 0 fully saturated rings. The Kier molecular flexibility index (Phi) is 4.63. The maximum absolute atomic E-state index is 11.4. The molecule has 0 radical (unpaired) electrons. The number of esters is 1. The number of anilines is 1. The SMILES string of the molecule is CCOCCOC(=O)c1cccc(N)c1. The number of hydrogen-bond donors (Lipinski definition) is 1. The van der Waals surface area contributed by atoms with Crippen LogP contribution in [0.3, 0.4) is 0 Å². The lowest BCUT2D eigenvalue weighted by Crippen LogP contribution is -2.10. The van der Waals surface area contributed by atoms with Gasteiger partial charge in [-0.1, -0.05) is 6.07 Å². The summed E-state index contributed by atoms with van der Waals surface area (Å²) in [5.41, 5.74) is 6.55. The molecule has 1 aromatic rings. The number of hydrogen-bond acceptors (Lipinski definition) is 4. The molecule has 2 N–H and O–H groups in total. The maximum Gasteiger partial charge on any atom is 0.338 e. The molecule has 0 atom stereocenters. The summed E-state index contributed by atoms with van der Waals surface area (Å²) in [5, 5.41) is 0. The number of carbonyl (C=O) groups excluding carboxylic acids is 1. The van der Waals surface area contributed by atoms with Gasteiger partial charge in [0.1, 0.15) is 6.61 Å². The van der Waals surface area contributed by atoms with Crippen molar-refractivity contribution in [3.63, 3.8) is 0 Å². The minimum atomic E-state index is -0.373. The molecule has 0 heterocycles.